The number of aliphatic hydroxyl groups excluding tert-OH is 1. The van der Waals surface area contributed by atoms with Crippen LogP contribution in [0.1, 0.15) is 38.5 Å². The third-order valence-corrected chi connectivity index (χ3v) is 6.45. The van der Waals surface area contributed by atoms with E-state index in [4.69, 9.17) is 9.47 Å². The van der Waals surface area contributed by atoms with E-state index in [-0.39, 0.29) is 18.0 Å². The van der Waals surface area contributed by atoms with Gasteiger partial charge in [-0.2, -0.15) is 0 Å². The molecular formula is C18H29NO4. The van der Waals surface area contributed by atoms with E-state index >= 15 is 0 Å². The van der Waals surface area contributed by atoms with Crippen LogP contribution in [0, 0.1) is 23.2 Å². The molecule has 23 heavy (non-hydrogen) atoms. The van der Waals surface area contributed by atoms with E-state index in [2.05, 4.69) is 4.90 Å². The zero-order chi connectivity index (χ0) is 15.9. The van der Waals surface area contributed by atoms with Gasteiger partial charge in [-0.05, 0) is 56.3 Å². The predicted molar refractivity (Wildman–Crippen MR) is 84.8 cm³/mol. The van der Waals surface area contributed by atoms with Crippen molar-refractivity contribution in [2.45, 2.75) is 44.6 Å². The summed E-state index contributed by atoms with van der Waals surface area (Å²) in [6, 6.07) is 0. The fourth-order valence-electron chi connectivity index (χ4n) is 5.82. The first-order valence-electron chi connectivity index (χ1n) is 9.28. The summed E-state index contributed by atoms with van der Waals surface area (Å²) in [5.41, 5.74) is -0.215. The molecule has 0 unspecified atom stereocenters. The molecule has 4 saturated carbocycles. The van der Waals surface area contributed by atoms with Gasteiger partial charge in [0.05, 0.1) is 18.6 Å². The minimum absolute atomic E-state index is 0.0300. The van der Waals surface area contributed by atoms with Crippen LogP contribution < -0.4 is 0 Å². The van der Waals surface area contributed by atoms with Gasteiger partial charge in [0.15, 0.2) is 0 Å². The molecule has 1 N–H and O–H groups in total. The number of hydrogen-bond donors (Lipinski definition) is 1. The van der Waals surface area contributed by atoms with E-state index in [0.717, 1.165) is 63.3 Å². The van der Waals surface area contributed by atoms with E-state index in [1.807, 2.05) is 0 Å². The third kappa shape index (κ3) is 3.28. The molecule has 4 bridgehead atoms. The molecule has 0 radical (unpaired) electrons. The second-order valence-corrected chi connectivity index (χ2v) is 8.36. The minimum atomic E-state index is -0.592. The predicted octanol–water partition coefficient (Wildman–Crippen LogP) is 1.44. The van der Waals surface area contributed by atoms with Crippen LogP contribution in [0.4, 0.5) is 0 Å². The molecule has 5 heteroatoms. The Kier molecular flexibility index (Phi) is 4.37. The summed E-state index contributed by atoms with van der Waals surface area (Å²) in [5.74, 6) is 2.20. The van der Waals surface area contributed by atoms with Gasteiger partial charge in [-0.25, -0.2) is 0 Å². The molecule has 5 aliphatic rings. The standard InChI is InChI=1S/C18H29NO4/c20-16(11-19-1-3-22-4-2-19)12-23-17(21)18-8-13-5-14(9-18)7-15(6-13)10-18/h13-16,20H,1-12H2/t13?,14?,15?,16-,18?/m1/s1. The van der Waals surface area contributed by atoms with E-state index in [9.17, 15) is 9.90 Å². The molecule has 0 aromatic carbocycles. The van der Waals surface area contributed by atoms with Gasteiger partial charge in [-0.15, -0.1) is 0 Å². The summed E-state index contributed by atoms with van der Waals surface area (Å²) in [6.45, 7) is 3.84. The molecule has 1 saturated heterocycles. The largest absolute Gasteiger partial charge is 0.462 e. The summed E-state index contributed by atoms with van der Waals surface area (Å²) in [4.78, 5) is 14.9. The second-order valence-electron chi connectivity index (χ2n) is 8.36. The Balaban J connectivity index is 1.28. The summed E-state index contributed by atoms with van der Waals surface area (Å²) in [6.07, 6.45) is 6.46. The van der Waals surface area contributed by atoms with Crippen LogP contribution in [-0.4, -0.2) is 61.5 Å². The highest BCUT2D eigenvalue weighted by Crippen LogP contribution is 2.60. The molecule has 0 aromatic heterocycles. The van der Waals surface area contributed by atoms with Crippen molar-refractivity contribution in [2.75, 3.05) is 39.5 Å². The van der Waals surface area contributed by atoms with Gasteiger partial charge >= 0.3 is 5.97 Å². The number of aliphatic hydroxyl groups is 1. The first-order chi connectivity index (χ1) is 11.1. The maximum atomic E-state index is 12.7. The molecule has 130 valence electrons. The molecule has 0 aromatic rings. The van der Waals surface area contributed by atoms with E-state index in [1.54, 1.807) is 0 Å². The first kappa shape index (κ1) is 15.9. The zero-order valence-electron chi connectivity index (χ0n) is 13.9. The summed E-state index contributed by atoms with van der Waals surface area (Å²) < 4.78 is 10.9. The van der Waals surface area contributed by atoms with Crippen molar-refractivity contribution >= 4 is 5.97 Å². The normalized spacial score (nSPS) is 41.0. The molecule has 0 amide bonds. The lowest BCUT2D eigenvalue weighted by Gasteiger charge is -2.55. The number of morpholine rings is 1. The Hall–Kier alpha value is -0.650. The number of β-amino-alcohol motifs (C(OH)–C–C–N with tert-alkyl or cyclic N) is 1. The maximum absolute atomic E-state index is 12.7. The van der Waals surface area contributed by atoms with Gasteiger partial charge in [0.1, 0.15) is 12.7 Å². The van der Waals surface area contributed by atoms with Crippen molar-refractivity contribution in [3.8, 4) is 0 Å². The Morgan fingerprint density at radius 1 is 1.13 bits per heavy atom. The van der Waals surface area contributed by atoms with E-state index in [0.29, 0.717) is 6.54 Å². The fraction of sp³-hybridized carbons (Fsp3) is 0.944. The summed E-state index contributed by atoms with van der Waals surface area (Å²) in [5, 5.41) is 10.2. The van der Waals surface area contributed by atoms with Crippen LogP contribution in [0.2, 0.25) is 0 Å². The number of ether oxygens (including phenoxy) is 2. The average molecular weight is 323 g/mol. The van der Waals surface area contributed by atoms with Crippen molar-refractivity contribution in [1.29, 1.82) is 0 Å². The molecule has 4 aliphatic carbocycles. The fourth-order valence-corrected chi connectivity index (χ4v) is 5.82. The topological polar surface area (TPSA) is 59.0 Å². The van der Waals surface area contributed by atoms with Crippen molar-refractivity contribution in [1.82, 2.24) is 4.90 Å². The van der Waals surface area contributed by atoms with E-state index in [1.165, 1.54) is 19.3 Å². The number of nitrogens with zero attached hydrogens (tertiary/aromatic N) is 1. The van der Waals surface area contributed by atoms with E-state index < -0.39 is 6.10 Å². The van der Waals surface area contributed by atoms with Gasteiger partial charge in [0, 0.05) is 19.6 Å². The van der Waals surface area contributed by atoms with Gasteiger partial charge in [0.2, 0.25) is 0 Å². The number of rotatable bonds is 5. The first-order valence-corrected chi connectivity index (χ1v) is 9.28. The molecule has 0 spiro atoms. The van der Waals surface area contributed by atoms with Gasteiger partial charge in [-0.3, -0.25) is 9.69 Å². The van der Waals surface area contributed by atoms with Gasteiger partial charge in [0.25, 0.3) is 0 Å². The highest BCUT2D eigenvalue weighted by atomic mass is 16.5. The third-order valence-electron chi connectivity index (χ3n) is 6.45. The number of hydrogen-bond acceptors (Lipinski definition) is 5. The minimum Gasteiger partial charge on any atom is -0.462 e. The molecule has 5 nitrogen and oxygen atoms in total. The summed E-state index contributed by atoms with van der Waals surface area (Å²) >= 11 is 0. The number of carbonyl (C=O) groups excluding carboxylic acids is 1. The van der Waals surface area contributed by atoms with Crippen molar-refractivity contribution in [3.05, 3.63) is 0 Å². The zero-order valence-corrected chi connectivity index (χ0v) is 13.9. The molecule has 5 rings (SSSR count). The van der Waals surface area contributed by atoms with Crippen molar-refractivity contribution in [3.63, 3.8) is 0 Å². The summed E-state index contributed by atoms with van der Waals surface area (Å²) in [7, 11) is 0. The van der Waals surface area contributed by atoms with Crippen LogP contribution in [0.5, 0.6) is 0 Å². The number of esters is 1. The SMILES string of the molecule is O=C(OC[C@H](O)CN1CCOCC1)C12CC3CC(CC(C3)C1)C2. The average Bonchev–Trinajstić information content (AvgIpc) is 2.52. The quantitative estimate of drug-likeness (QED) is 0.776. The van der Waals surface area contributed by atoms with Crippen LogP contribution in [0.15, 0.2) is 0 Å². The highest BCUT2D eigenvalue weighted by molar-refractivity contribution is 5.77. The smallest absolute Gasteiger partial charge is 0.312 e. The Labute approximate surface area is 138 Å². The van der Waals surface area contributed by atoms with Crippen LogP contribution >= 0.6 is 0 Å². The lowest BCUT2D eigenvalue weighted by Crippen LogP contribution is -2.51. The van der Waals surface area contributed by atoms with Gasteiger partial charge < -0.3 is 14.6 Å². The lowest BCUT2D eigenvalue weighted by molar-refractivity contribution is -0.174. The number of carbonyl (C=O) groups is 1. The maximum Gasteiger partial charge on any atom is 0.312 e. The van der Waals surface area contributed by atoms with Crippen LogP contribution in [0.25, 0.3) is 0 Å². The monoisotopic (exact) mass is 323 g/mol. The molecule has 1 heterocycles. The molecular weight excluding hydrogens is 294 g/mol. The highest BCUT2D eigenvalue weighted by Gasteiger charge is 2.55. The Morgan fingerprint density at radius 3 is 2.26 bits per heavy atom. The van der Waals surface area contributed by atoms with Crippen molar-refractivity contribution in [2.24, 2.45) is 23.2 Å². The van der Waals surface area contributed by atoms with Crippen LogP contribution in [-0.2, 0) is 14.3 Å². The molecule has 5 fully saturated rings. The molecule has 1 atom stereocenters. The molecule has 1 aliphatic heterocycles. The Morgan fingerprint density at radius 2 is 1.70 bits per heavy atom. The Bertz CT molecular complexity index is 411. The second kappa shape index (κ2) is 6.34. The lowest BCUT2D eigenvalue weighted by atomic mass is 9.49. The van der Waals surface area contributed by atoms with Gasteiger partial charge in [-0.1, -0.05) is 0 Å². The van der Waals surface area contributed by atoms with Crippen LogP contribution in [0.3, 0.4) is 0 Å². The van der Waals surface area contributed by atoms with Crippen molar-refractivity contribution < 1.29 is 19.4 Å².